The van der Waals surface area contributed by atoms with Crippen LogP contribution in [0.5, 0.6) is 0 Å². The van der Waals surface area contributed by atoms with Crippen LogP contribution in [0.25, 0.3) is 0 Å². The fourth-order valence-electron chi connectivity index (χ4n) is 2.29. The summed E-state index contributed by atoms with van der Waals surface area (Å²) in [6.07, 6.45) is 3.70. The lowest BCUT2D eigenvalue weighted by molar-refractivity contribution is -0.151. The number of hydrogen-bond acceptors (Lipinski definition) is 2. The molecule has 2 heteroatoms. The van der Waals surface area contributed by atoms with E-state index in [4.69, 9.17) is 4.74 Å². The van der Waals surface area contributed by atoms with Gasteiger partial charge in [0.25, 0.3) is 0 Å². The highest BCUT2D eigenvalue weighted by Gasteiger charge is 2.30. The summed E-state index contributed by atoms with van der Waals surface area (Å²) in [5.74, 6) is 1.84. The summed E-state index contributed by atoms with van der Waals surface area (Å²) >= 11 is 0. The zero-order valence-electron chi connectivity index (χ0n) is 9.75. The van der Waals surface area contributed by atoms with Gasteiger partial charge in [-0.3, -0.25) is 4.79 Å². The minimum Gasteiger partial charge on any atom is -0.462 e. The molecule has 1 aliphatic rings. The van der Waals surface area contributed by atoms with Crippen LogP contribution in [0, 0.1) is 17.8 Å². The predicted molar refractivity (Wildman–Crippen MR) is 56.9 cm³/mol. The third kappa shape index (κ3) is 3.00. The molecule has 0 N–H and O–H groups in total. The van der Waals surface area contributed by atoms with Gasteiger partial charge >= 0.3 is 5.97 Å². The van der Waals surface area contributed by atoms with Crippen molar-refractivity contribution in [3.63, 3.8) is 0 Å². The predicted octanol–water partition coefficient (Wildman–Crippen LogP) is 3.01. The number of ether oxygens (including phenoxy) is 1. The van der Waals surface area contributed by atoms with Crippen LogP contribution in [-0.2, 0) is 9.53 Å². The topological polar surface area (TPSA) is 26.3 Å². The maximum absolute atomic E-state index is 10.9. The summed E-state index contributed by atoms with van der Waals surface area (Å²) in [6, 6.07) is 0. The Labute approximate surface area is 87.0 Å². The van der Waals surface area contributed by atoms with Crippen molar-refractivity contribution >= 4 is 5.97 Å². The molecule has 0 aromatic carbocycles. The quantitative estimate of drug-likeness (QED) is 0.637. The van der Waals surface area contributed by atoms with Gasteiger partial charge in [-0.2, -0.15) is 0 Å². The molecule has 2 nitrogen and oxygen atoms in total. The molecule has 82 valence electrons. The van der Waals surface area contributed by atoms with Crippen LogP contribution in [-0.4, -0.2) is 12.1 Å². The van der Waals surface area contributed by atoms with Crippen molar-refractivity contribution in [1.82, 2.24) is 0 Å². The number of esters is 1. The summed E-state index contributed by atoms with van der Waals surface area (Å²) in [6.45, 7) is 8.20. The average molecular weight is 198 g/mol. The van der Waals surface area contributed by atoms with Crippen LogP contribution in [0.3, 0.4) is 0 Å². The molecule has 0 aliphatic heterocycles. The summed E-state index contributed by atoms with van der Waals surface area (Å²) < 4.78 is 5.34. The van der Waals surface area contributed by atoms with Gasteiger partial charge in [0.05, 0.1) is 0 Å². The van der Waals surface area contributed by atoms with Crippen molar-refractivity contribution in [2.45, 2.75) is 53.1 Å². The molecule has 1 aliphatic carbocycles. The fraction of sp³-hybridized carbons (Fsp3) is 0.917. The van der Waals surface area contributed by atoms with Gasteiger partial charge in [0.1, 0.15) is 6.10 Å². The minimum atomic E-state index is -0.133. The van der Waals surface area contributed by atoms with Gasteiger partial charge in [0.15, 0.2) is 0 Å². The maximum atomic E-state index is 10.9. The Bertz CT molecular complexity index is 198. The molecule has 0 spiro atoms. The molecular formula is C12H22O2. The number of carbonyl (C=O) groups excluding carboxylic acids is 1. The van der Waals surface area contributed by atoms with Crippen molar-refractivity contribution in [3.8, 4) is 0 Å². The largest absolute Gasteiger partial charge is 0.462 e. The summed E-state index contributed by atoms with van der Waals surface area (Å²) in [4.78, 5) is 10.9. The fourth-order valence-corrected chi connectivity index (χ4v) is 2.29. The highest BCUT2D eigenvalue weighted by atomic mass is 16.5. The molecule has 1 fully saturated rings. The van der Waals surface area contributed by atoms with Crippen molar-refractivity contribution in [3.05, 3.63) is 0 Å². The smallest absolute Gasteiger partial charge is 0.302 e. The third-order valence-corrected chi connectivity index (χ3v) is 3.42. The Kier molecular flexibility index (Phi) is 3.97. The third-order valence-electron chi connectivity index (χ3n) is 3.42. The van der Waals surface area contributed by atoms with Crippen LogP contribution in [0.2, 0.25) is 0 Å². The van der Waals surface area contributed by atoms with Crippen molar-refractivity contribution in [1.29, 1.82) is 0 Å². The Morgan fingerprint density at radius 3 is 2.50 bits per heavy atom. The lowest BCUT2D eigenvalue weighted by atomic mass is 9.76. The van der Waals surface area contributed by atoms with E-state index in [1.54, 1.807) is 0 Å². The Morgan fingerprint density at radius 2 is 2.00 bits per heavy atom. The van der Waals surface area contributed by atoms with E-state index in [2.05, 4.69) is 20.8 Å². The second-order valence-corrected chi connectivity index (χ2v) is 4.94. The first kappa shape index (κ1) is 11.5. The van der Waals surface area contributed by atoms with E-state index in [9.17, 15) is 4.79 Å². The first-order chi connectivity index (χ1) is 6.50. The molecule has 0 amide bonds. The van der Waals surface area contributed by atoms with Gasteiger partial charge in [-0.1, -0.05) is 20.8 Å². The lowest BCUT2D eigenvalue weighted by Crippen LogP contribution is -2.33. The van der Waals surface area contributed by atoms with E-state index in [-0.39, 0.29) is 12.1 Å². The molecule has 14 heavy (non-hydrogen) atoms. The average Bonchev–Trinajstić information content (AvgIpc) is 2.07. The van der Waals surface area contributed by atoms with Gasteiger partial charge in [0.2, 0.25) is 0 Å². The van der Waals surface area contributed by atoms with Crippen molar-refractivity contribution < 1.29 is 9.53 Å². The molecule has 1 saturated carbocycles. The highest BCUT2D eigenvalue weighted by molar-refractivity contribution is 5.66. The lowest BCUT2D eigenvalue weighted by Gasteiger charge is -2.35. The summed E-state index contributed by atoms with van der Waals surface area (Å²) in [5, 5.41) is 0. The molecule has 0 aromatic rings. The van der Waals surface area contributed by atoms with Crippen LogP contribution < -0.4 is 0 Å². The second-order valence-electron chi connectivity index (χ2n) is 4.94. The SMILES string of the molecule is CC(=O)O[C@@H]1C[C@@H](C(C)C)CC[C@@H]1C. The summed E-state index contributed by atoms with van der Waals surface area (Å²) in [5.41, 5.74) is 0. The number of rotatable bonds is 2. The Hall–Kier alpha value is -0.530. The first-order valence-electron chi connectivity index (χ1n) is 5.68. The first-order valence-corrected chi connectivity index (χ1v) is 5.68. The van der Waals surface area contributed by atoms with Crippen LogP contribution in [0.15, 0.2) is 0 Å². The number of carbonyl (C=O) groups is 1. The minimum absolute atomic E-state index is 0.133. The molecular weight excluding hydrogens is 176 g/mol. The molecule has 0 heterocycles. The van der Waals surface area contributed by atoms with E-state index in [0.717, 1.165) is 12.3 Å². The van der Waals surface area contributed by atoms with E-state index in [0.29, 0.717) is 11.8 Å². The van der Waals surface area contributed by atoms with Gasteiger partial charge in [-0.15, -0.1) is 0 Å². The van der Waals surface area contributed by atoms with Crippen LogP contribution in [0.1, 0.15) is 47.0 Å². The van der Waals surface area contributed by atoms with Gasteiger partial charge in [-0.25, -0.2) is 0 Å². The molecule has 0 unspecified atom stereocenters. The molecule has 1 rings (SSSR count). The second kappa shape index (κ2) is 4.81. The van der Waals surface area contributed by atoms with Crippen LogP contribution in [0.4, 0.5) is 0 Å². The van der Waals surface area contributed by atoms with E-state index >= 15 is 0 Å². The Morgan fingerprint density at radius 1 is 1.36 bits per heavy atom. The zero-order chi connectivity index (χ0) is 10.7. The molecule has 0 saturated heterocycles. The van der Waals surface area contributed by atoms with Crippen molar-refractivity contribution in [2.75, 3.05) is 0 Å². The molecule has 3 atom stereocenters. The van der Waals surface area contributed by atoms with Gasteiger partial charge < -0.3 is 4.74 Å². The zero-order valence-corrected chi connectivity index (χ0v) is 9.75. The standard InChI is InChI=1S/C12H22O2/c1-8(2)11-6-5-9(3)12(7-11)14-10(4)13/h8-9,11-12H,5-7H2,1-4H3/t9-,11-,12+/m0/s1. The summed E-state index contributed by atoms with van der Waals surface area (Å²) in [7, 11) is 0. The number of hydrogen-bond donors (Lipinski definition) is 0. The van der Waals surface area contributed by atoms with E-state index < -0.39 is 0 Å². The maximum Gasteiger partial charge on any atom is 0.302 e. The van der Waals surface area contributed by atoms with Gasteiger partial charge in [-0.05, 0) is 37.0 Å². The van der Waals surface area contributed by atoms with Crippen molar-refractivity contribution in [2.24, 2.45) is 17.8 Å². The van der Waals surface area contributed by atoms with Gasteiger partial charge in [0, 0.05) is 6.92 Å². The van der Waals surface area contributed by atoms with E-state index in [1.807, 2.05) is 0 Å². The highest BCUT2D eigenvalue weighted by Crippen LogP contribution is 2.34. The molecule has 0 bridgehead atoms. The van der Waals surface area contributed by atoms with Crippen LogP contribution >= 0.6 is 0 Å². The Balaban J connectivity index is 2.50. The van der Waals surface area contributed by atoms with E-state index in [1.165, 1.54) is 19.8 Å². The normalized spacial score (nSPS) is 33.1. The molecule has 0 radical (unpaired) electrons. The molecule has 0 aromatic heterocycles. The monoisotopic (exact) mass is 198 g/mol.